The topological polar surface area (TPSA) is 113 Å². The highest BCUT2D eigenvalue weighted by Crippen LogP contribution is 2.30. The standard InChI is InChI=1S/C17H18N4O4/c1-9-6-7-12(14(22)19-9)21-15(23)11-5-3-4-10(13(11)16(21)24)8-20(2)17(18)25/h3-5,12H,1,6-8H2,2H3,(H2,18,25)(H,19,22). The van der Waals surface area contributed by atoms with Crippen LogP contribution in [0.15, 0.2) is 30.5 Å². The fourth-order valence-corrected chi connectivity index (χ4v) is 3.13. The Hall–Kier alpha value is -3.16. The molecule has 1 atom stereocenters. The van der Waals surface area contributed by atoms with E-state index in [9.17, 15) is 19.2 Å². The largest absolute Gasteiger partial charge is 0.351 e. The third kappa shape index (κ3) is 2.75. The average molecular weight is 342 g/mol. The van der Waals surface area contributed by atoms with Gasteiger partial charge in [0.15, 0.2) is 0 Å². The lowest BCUT2D eigenvalue weighted by Crippen LogP contribution is -2.51. The third-order valence-electron chi connectivity index (χ3n) is 4.45. The van der Waals surface area contributed by atoms with Crippen LogP contribution < -0.4 is 11.1 Å². The molecule has 8 heteroatoms. The van der Waals surface area contributed by atoms with E-state index in [1.165, 1.54) is 11.9 Å². The molecule has 130 valence electrons. The number of imide groups is 1. The lowest BCUT2D eigenvalue weighted by Gasteiger charge is -2.29. The van der Waals surface area contributed by atoms with E-state index in [1.807, 2.05) is 0 Å². The summed E-state index contributed by atoms with van der Waals surface area (Å²) >= 11 is 0. The molecule has 1 fully saturated rings. The van der Waals surface area contributed by atoms with Crippen molar-refractivity contribution in [2.75, 3.05) is 7.05 Å². The van der Waals surface area contributed by atoms with Crippen molar-refractivity contribution in [3.8, 4) is 0 Å². The van der Waals surface area contributed by atoms with Crippen LogP contribution >= 0.6 is 0 Å². The molecule has 0 radical (unpaired) electrons. The van der Waals surface area contributed by atoms with Crippen molar-refractivity contribution >= 4 is 23.8 Å². The van der Waals surface area contributed by atoms with Crippen LogP contribution in [0.5, 0.6) is 0 Å². The number of carbonyl (C=O) groups excluding carboxylic acids is 4. The van der Waals surface area contributed by atoms with E-state index in [0.29, 0.717) is 24.1 Å². The number of nitrogens with one attached hydrogen (secondary N) is 1. The molecule has 25 heavy (non-hydrogen) atoms. The molecule has 1 saturated heterocycles. The van der Waals surface area contributed by atoms with Gasteiger partial charge >= 0.3 is 6.03 Å². The van der Waals surface area contributed by atoms with Gasteiger partial charge in [-0.05, 0) is 24.5 Å². The summed E-state index contributed by atoms with van der Waals surface area (Å²) < 4.78 is 0. The fraction of sp³-hybridized carbons (Fsp3) is 0.294. The van der Waals surface area contributed by atoms with Crippen LogP contribution in [0.4, 0.5) is 4.79 Å². The molecule has 5 amide bonds. The maximum absolute atomic E-state index is 12.9. The number of hydrogen-bond acceptors (Lipinski definition) is 4. The molecule has 3 N–H and O–H groups in total. The van der Waals surface area contributed by atoms with Crippen molar-refractivity contribution in [2.24, 2.45) is 5.73 Å². The van der Waals surface area contributed by atoms with Crippen LogP contribution in [0.2, 0.25) is 0 Å². The van der Waals surface area contributed by atoms with Gasteiger partial charge in [0.1, 0.15) is 6.04 Å². The fourth-order valence-electron chi connectivity index (χ4n) is 3.13. The van der Waals surface area contributed by atoms with E-state index in [2.05, 4.69) is 11.9 Å². The molecule has 2 heterocycles. The average Bonchev–Trinajstić information content (AvgIpc) is 2.80. The number of nitrogens with zero attached hydrogens (tertiary/aromatic N) is 2. The van der Waals surface area contributed by atoms with Crippen LogP contribution in [-0.2, 0) is 11.3 Å². The van der Waals surface area contributed by atoms with Gasteiger partial charge in [-0.2, -0.15) is 0 Å². The van der Waals surface area contributed by atoms with Gasteiger partial charge in [0, 0.05) is 19.3 Å². The Labute approximate surface area is 144 Å². The van der Waals surface area contributed by atoms with E-state index >= 15 is 0 Å². The molecule has 1 unspecified atom stereocenters. The van der Waals surface area contributed by atoms with Crippen LogP contribution in [0, 0.1) is 0 Å². The van der Waals surface area contributed by atoms with E-state index in [-0.39, 0.29) is 17.7 Å². The zero-order chi connectivity index (χ0) is 18.3. The van der Waals surface area contributed by atoms with Gasteiger partial charge in [0.05, 0.1) is 11.1 Å². The number of primary amides is 1. The van der Waals surface area contributed by atoms with Crippen molar-refractivity contribution in [1.29, 1.82) is 0 Å². The number of rotatable bonds is 3. The highest BCUT2D eigenvalue weighted by Gasteiger charge is 2.44. The smallest absolute Gasteiger partial charge is 0.314 e. The first-order valence-corrected chi connectivity index (χ1v) is 7.80. The van der Waals surface area contributed by atoms with E-state index in [0.717, 1.165) is 4.90 Å². The SMILES string of the molecule is C=C1CCC(N2C(=O)c3cccc(CN(C)C(N)=O)c3C2=O)C(=O)N1. The van der Waals surface area contributed by atoms with Gasteiger partial charge < -0.3 is 16.0 Å². The van der Waals surface area contributed by atoms with Gasteiger partial charge in [0.25, 0.3) is 11.8 Å². The van der Waals surface area contributed by atoms with Crippen LogP contribution in [0.1, 0.15) is 39.1 Å². The summed E-state index contributed by atoms with van der Waals surface area (Å²) in [5.74, 6) is -1.45. The molecule has 2 aliphatic rings. The van der Waals surface area contributed by atoms with Crippen LogP contribution in [0.3, 0.4) is 0 Å². The van der Waals surface area contributed by atoms with Gasteiger partial charge in [-0.3, -0.25) is 19.3 Å². The summed E-state index contributed by atoms with van der Waals surface area (Å²) in [6, 6.07) is 3.34. The van der Waals surface area contributed by atoms with Crippen LogP contribution in [-0.4, -0.2) is 46.6 Å². The van der Waals surface area contributed by atoms with Crippen molar-refractivity contribution < 1.29 is 19.2 Å². The van der Waals surface area contributed by atoms with Gasteiger partial charge in [-0.15, -0.1) is 0 Å². The van der Waals surface area contributed by atoms with Crippen LogP contribution in [0.25, 0.3) is 0 Å². The molecule has 3 rings (SSSR count). The first-order chi connectivity index (χ1) is 11.8. The molecular formula is C17H18N4O4. The Bertz CT molecular complexity index is 817. The number of amides is 5. The molecule has 1 aromatic carbocycles. The van der Waals surface area contributed by atoms with E-state index < -0.39 is 29.8 Å². The number of allylic oxidation sites excluding steroid dienone is 1. The normalized spacial score (nSPS) is 19.7. The van der Waals surface area contributed by atoms with E-state index in [4.69, 9.17) is 5.73 Å². The summed E-state index contributed by atoms with van der Waals surface area (Å²) in [4.78, 5) is 51.3. The predicted octanol–water partition coefficient (Wildman–Crippen LogP) is 0.585. The number of hydrogen-bond donors (Lipinski definition) is 2. The molecule has 0 saturated carbocycles. The van der Waals surface area contributed by atoms with E-state index in [1.54, 1.807) is 18.2 Å². The Kier molecular flexibility index (Phi) is 4.03. The first kappa shape index (κ1) is 16.7. The second-order valence-corrected chi connectivity index (χ2v) is 6.16. The molecule has 0 aliphatic carbocycles. The molecule has 0 spiro atoms. The third-order valence-corrected chi connectivity index (χ3v) is 4.45. The quantitative estimate of drug-likeness (QED) is 0.783. The van der Waals surface area contributed by atoms with Gasteiger partial charge in [-0.25, -0.2) is 4.79 Å². The molecule has 0 aromatic heterocycles. The minimum absolute atomic E-state index is 0.0963. The summed E-state index contributed by atoms with van der Waals surface area (Å²) in [6.45, 7) is 3.79. The van der Waals surface area contributed by atoms with Crippen molar-refractivity contribution in [3.63, 3.8) is 0 Å². The predicted molar refractivity (Wildman–Crippen MR) is 88.3 cm³/mol. The highest BCUT2D eigenvalue weighted by atomic mass is 16.2. The number of carbonyl (C=O) groups is 4. The minimum Gasteiger partial charge on any atom is -0.351 e. The number of benzene rings is 1. The molecule has 2 aliphatic heterocycles. The minimum atomic E-state index is -0.861. The summed E-state index contributed by atoms with van der Waals surface area (Å²) in [6.07, 6.45) is 0.841. The monoisotopic (exact) mass is 342 g/mol. The van der Waals surface area contributed by atoms with Crippen molar-refractivity contribution in [1.82, 2.24) is 15.1 Å². The van der Waals surface area contributed by atoms with Gasteiger partial charge in [0.2, 0.25) is 5.91 Å². The molecular weight excluding hydrogens is 324 g/mol. The van der Waals surface area contributed by atoms with Crippen molar-refractivity contribution in [3.05, 3.63) is 47.2 Å². The number of nitrogens with two attached hydrogens (primary N) is 1. The number of piperidine rings is 1. The zero-order valence-electron chi connectivity index (χ0n) is 13.7. The first-order valence-electron chi connectivity index (χ1n) is 7.80. The molecule has 1 aromatic rings. The number of urea groups is 1. The Balaban J connectivity index is 1.95. The molecule has 0 bridgehead atoms. The Morgan fingerprint density at radius 3 is 2.72 bits per heavy atom. The highest BCUT2D eigenvalue weighted by molar-refractivity contribution is 6.23. The second-order valence-electron chi connectivity index (χ2n) is 6.16. The summed E-state index contributed by atoms with van der Waals surface area (Å²) in [5, 5.41) is 2.59. The Morgan fingerprint density at radius 2 is 2.08 bits per heavy atom. The maximum Gasteiger partial charge on any atom is 0.314 e. The summed E-state index contributed by atoms with van der Waals surface area (Å²) in [5.41, 5.74) is 6.77. The van der Waals surface area contributed by atoms with Gasteiger partial charge in [-0.1, -0.05) is 18.7 Å². The maximum atomic E-state index is 12.9. The lowest BCUT2D eigenvalue weighted by atomic mass is 10.0. The zero-order valence-corrected chi connectivity index (χ0v) is 13.7. The lowest BCUT2D eigenvalue weighted by molar-refractivity contribution is -0.125. The number of fused-ring (bicyclic) bond motifs is 1. The second kappa shape index (κ2) is 6.04. The summed E-state index contributed by atoms with van der Waals surface area (Å²) in [7, 11) is 1.50. The Morgan fingerprint density at radius 1 is 1.36 bits per heavy atom. The van der Waals surface area contributed by atoms with Crippen molar-refractivity contribution in [2.45, 2.75) is 25.4 Å². The molecule has 8 nitrogen and oxygen atoms in total.